The van der Waals surface area contributed by atoms with Crippen molar-refractivity contribution in [1.29, 1.82) is 0 Å². The molecule has 18 heavy (non-hydrogen) atoms. The molecule has 1 aromatic rings. The minimum atomic E-state index is 0.794. The topological polar surface area (TPSA) is 24.5 Å². The molecule has 0 saturated carbocycles. The predicted octanol–water partition coefficient (Wildman–Crippen LogP) is 2.52. The number of nitrogens with zero attached hydrogens (tertiary/aromatic N) is 1. The normalized spacial score (nSPS) is 10.9. The lowest BCUT2D eigenvalue weighted by atomic mass is 10.2. The maximum atomic E-state index is 5.55. The lowest BCUT2D eigenvalue weighted by molar-refractivity contribution is 0.317. The van der Waals surface area contributed by atoms with Crippen LogP contribution in [0.25, 0.3) is 0 Å². The first-order valence-electron chi connectivity index (χ1n) is 6.79. The second-order valence-electron chi connectivity index (χ2n) is 4.83. The van der Waals surface area contributed by atoms with E-state index in [-0.39, 0.29) is 0 Å². The number of hydrogen-bond acceptors (Lipinski definition) is 3. The largest absolute Gasteiger partial charge is 0.494 e. The summed E-state index contributed by atoms with van der Waals surface area (Å²) in [5.41, 5.74) is 1.31. The van der Waals surface area contributed by atoms with Crippen molar-refractivity contribution in [3.8, 4) is 5.75 Å². The maximum absolute atomic E-state index is 5.55. The molecule has 3 heteroatoms. The molecule has 0 radical (unpaired) electrons. The quantitative estimate of drug-likeness (QED) is 0.682. The smallest absolute Gasteiger partial charge is 0.119 e. The number of rotatable bonds is 9. The molecule has 0 aliphatic heterocycles. The van der Waals surface area contributed by atoms with Crippen LogP contribution in [0.15, 0.2) is 24.3 Å². The molecule has 0 aliphatic rings. The molecule has 0 heterocycles. The number of hydrogen-bond donors (Lipinski definition) is 1. The standard InChI is InChI=1S/C15H26N2O/c1-4-12-18-15-8-6-14(7-9-15)13-16-10-5-11-17(2)3/h6-9,16H,4-5,10-13H2,1-3H3. The fraction of sp³-hybridized carbons (Fsp3) is 0.600. The third kappa shape index (κ3) is 6.62. The maximum Gasteiger partial charge on any atom is 0.119 e. The van der Waals surface area contributed by atoms with Gasteiger partial charge in [-0.3, -0.25) is 0 Å². The van der Waals surface area contributed by atoms with Crippen molar-refractivity contribution >= 4 is 0 Å². The first-order valence-corrected chi connectivity index (χ1v) is 6.79. The first kappa shape index (κ1) is 15.0. The molecule has 0 atom stereocenters. The molecule has 0 saturated heterocycles. The SMILES string of the molecule is CCCOc1ccc(CNCCCN(C)C)cc1. The van der Waals surface area contributed by atoms with Crippen LogP contribution in [0, 0.1) is 0 Å². The third-order valence-corrected chi connectivity index (χ3v) is 2.68. The number of benzene rings is 1. The van der Waals surface area contributed by atoms with E-state index in [1.165, 1.54) is 12.0 Å². The third-order valence-electron chi connectivity index (χ3n) is 2.68. The highest BCUT2D eigenvalue weighted by atomic mass is 16.5. The van der Waals surface area contributed by atoms with Gasteiger partial charge >= 0.3 is 0 Å². The van der Waals surface area contributed by atoms with Crippen LogP contribution in [0.4, 0.5) is 0 Å². The van der Waals surface area contributed by atoms with Crippen molar-refractivity contribution in [2.24, 2.45) is 0 Å². The van der Waals surface area contributed by atoms with E-state index in [9.17, 15) is 0 Å². The Morgan fingerprint density at radius 2 is 1.89 bits per heavy atom. The highest BCUT2D eigenvalue weighted by molar-refractivity contribution is 5.27. The molecule has 0 amide bonds. The van der Waals surface area contributed by atoms with Crippen LogP contribution in [-0.4, -0.2) is 38.7 Å². The van der Waals surface area contributed by atoms with E-state index in [1.807, 2.05) is 12.1 Å². The summed E-state index contributed by atoms with van der Waals surface area (Å²) in [5.74, 6) is 0.966. The average molecular weight is 250 g/mol. The van der Waals surface area contributed by atoms with Crippen molar-refractivity contribution in [3.63, 3.8) is 0 Å². The van der Waals surface area contributed by atoms with E-state index in [4.69, 9.17) is 4.74 Å². The van der Waals surface area contributed by atoms with E-state index >= 15 is 0 Å². The summed E-state index contributed by atoms with van der Waals surface area (Å²) in [7, 11) is 4.21. The van der Waals surface area contributed by atoms with Gasteiger partial charge in [0.15, 0.2) is 0 Å². The Morgan fingerprint density at radius 1 is 1.17 bits per heavy atom. The minimum absolute atomic E-state index is 0.794. The molecule has 1 N–H and O–H groups in total. The summed E-state index contributed by atoms with van der Waals surface area (Å²) in [4.78, 5) is 2.21. The van der Waals surface area contributed by atoms with Gasteiger partial charge in [0.25, 0.3) is 0 Å². The lowest BCUT2D eigenvalue weighted by Gasteiger charge is -2.10. The molecular weight excluding hydrogens is 224 g/mol. The Bertz CT molecular complexity index is 309. The fourth-order valence-electron chi connectivity index (χ4n) is 1.68. The predicted molar refractivity (Wildman–Crippen MR) is 77.1 cm³/mol. The monoisotopic (exact) mass is 250 g/mol. The summed E-state index contributed by atoms with van der Waals surface area (Å²) in [6.45, 7) is 6.04. The molecule has 0 bridgehead atoms. The molecule has 0 aromatic heterocycles. The number of ether oxygens (including phenoxy) is 1. The van der Waals surface area contributed by atoms with Crippen LogP contribution in [-0.2, 0) is 6.54 Å². The lowest BCUT2D eigenvalue weighted by Crippen LogP contribution is -2.20. The summed E-state index contributed by atoms with van der Waals surface area (Å²) < 4.78 is 5.55. The van der Waals surface area contributed by atoms with E-state index in [0.29, 0.717) is 0 Å². The zero-order valence-electron chi connectivity index (χ0n) is 11.9. The van der Waals surface area contributed by atoms with Crippen molar-refractivity contribution in [3.05, 3.63) is 29.8 Å². The van der Waals surface area contributed by atoms with Crippen molar-refractivity contribution in [2.75, 3.05) is 33.8 Å². The average Bonchev–Trinajstić information content (AvgIpc) is 2.37. The second-order valence-corrected chi connectivity index (χ2v) is 4.83. The first-order chi connectivity index (χ1) is 8.72. The molecular formula is C15H26N2O. The summed E-state index contributed by atoms with van der Waals surface area (Å²) in [5, 5.41) is 3.45. The van der Waals surface area contributed by atoms with E-state index in [0.717, 1.165) is 38.4 Å². The number of nitrogens with one attached hydrogen (secondary N) is 1. The molecule has 3 nitrogen and oxygen atoms in total. The van der Waals surface area contributed by atoms with Gasteiger partial charge in [0, 0.05) is 6.54 Å². The van der Waals surface area contributed by atoms with Crippen LogP contribution >= 0.6 is 0 Å². The Kier molecular flexibility index (Phi) is 7.46. The molecule has 0 unspecified atom stereocenters. The van der Waals surface area contributed by atoms with Gasteiger partial charge in [-0.1, -0.05) is 19.1 Å². The zero-order valence-corrected chi connectivity index (χ0v) is 11.9. The molecule has 0 aliphatic carbocycles. The van der Waals surface area contributed by atoms with Crippen molar-refractivity contribution < 1.29 is 4.74 Å². The fourth-order valence-corrected chi connectivity index (χ4v) is 1.68. The summed E-state index contributed by atoms with van der Waals surface area (Å²) >= 11 is 0. The molecule has 1 aromatic carbocycles. The molecule has 102 valence electrons. The van der Waals surface area contributed by atoms with E-state index in [1.54, 1.807) is 0 Å². The molecule has 0 spiro atoms. The van der Waals surface area contributed by atoms with Crippen LogP contribution in [0.5, 0.6) is 5.75 Å². The van der Waals surface area contributed by atoms with Gasteiger partial charge in [-0.2, -0.15) is 0 Å². The van der Waals surface area contributed by atoms with Gasteiger partial charge in [0.2, 0.25) is 0 Å². The van der Waals surface area contributed by atoms with Gasteiger partial charge in [0.1, 0.15) is 5.75 Å². The van der Waals surface area contributed by atoms with E-state index < -0.39 is 0 Å². The summed E-state index contributed by atoms with van der Waals surface area (Å²) in [6, 6.07) is 8.35. The van der Waals surface area contributed by atoms with Crippen molar-refractivity contribution in [2.45, 2.75) is 26.3 Å². The van der Waals surface area contributed by atoms with Gasteiger partial charge < -0.3 is 15.0 Å². The Morgan fingerprint density at radius 3 is 2.50 bits per heavy atom. The molecule has 0 fully saturated rings. The zero-order chi connectivity index (χ0) is 13.2. The van der Waals surface area contributed by atoms with Crippen LogP contribution in [0.1, 0.15) is 25.3 Å². The van der Waals surface area contributed by atoms with Crippen LogP contribution < -0.4 is 10.1 Å². The van der Waals surface area contributed by atoms with Gasteiger partial charge in [-0.15, -0.1) is 0 Å². The van der Waals surface area contributed by atoms with Crippen molar-refractivity contribution in [1.82, 2.24) is 10.2 Å². The van der Waals surface area contributed by atoms with Gasteiger partial charge in [-0.25, -0.2) is 0 Å². The van der Waals surface area contributed by atoms with Gasteiger partial charge in [-0.05, 0) is 57.7 Å². The highest BCUT2D eigenvalue weighted by Crippen LogP contribution is 2.12. The van der Waals surface area contributed by atoms with Crippen LogP contribution in [0.2, 0.25) is 0 Å². The Labute approximate surface area is 111 Å². The van der Waals surface area contributed by atoms with Gasteiger partial charge in [0.05, 0.1) is 6.61 Å². The second kappa shape index (κ2) is 8.95. The van der Waals surface area contributed by atoms with Crippen LogP contribution in [0.3, 0.4) is 0 Å². The highest BCUT2D eigenvalue weighted by Gasteiger charge is 1.96. The minimum Gasteiger partial charge on any atom is -0.494 e. The van der Waals surface area contributed by atoms with E-state index in [2.05, 4.69) is 43.4 Å². The summed E-state index contributed by atoms with van der Waals surface area (Å²) in [6.07, 6.45) is 2.24. The Hall–Kier alpha value is -1.06. The molecule has 1 rings (SSSR count). The Balaban J connectivity index is 2.18.